The highest BCUT2D eigenvalue weighted by Gasteiger charge is 2.45. The van der Waals surface area contributed by atoms with E-state index in [4.69, 9.17) is 10.00 Å². The van der Waals surface area contributed by atoms with Crippen LogP contribution in [0.1, 0.15) is 11.8 Å². The van der Waals surface area contributed by atoms with E-state index in [0.717, 1.165) is 4.73 Å². The molecule has 4 heteroatoms. The van der Waals surface area contributed by atoms with E-state index in [2.05, 4.69) is 0 Å². The third-order valence-corrected chi connectivity index (χ3v) is 1.76. The summed E-state index contributed by atoms with van der Waals surface area (Å²) in [6, 6.07) is 6.99. The average Bonchev–Trinajstić information content (AvgIpc) is 2.84. The zero-order valence-electron chi connectivity index (χ0n) is 6.18. The summed E-state index contributed by atoms with van der Waals surface area (Å²) < 4.78 is 5.68. The van der Waals surface area contributed by atoms with Crippen LogP contribution in [0.15, 0.2) is 24.4 Å². The number of aromatic nitrogens is 1. The Hall–Kier alpha value is -1.60. The fraction of sp³-hybridized carbons (Fsp3) is 0.250. The van der Waals surface area contributed by atoms with Gasteiger partial charge in [0.25, 0.3) is 0 Å². The Bertz CT molecular complexity index is 345. The van der Waals surface area contributed by atoms with Crippen molar-refractivity contribution >= 4 is 0 Å². The highest BCUT2D eigenvalue weighted by molar-refractivity contribution is 5.14. The van der Waals surface area contributed by atoms with E-state index in [1.165, 1.54) is 6.20 Å². The quantitative estimate of drug-likeness (QED) is 0.338. The Kier molecular flexibility index (Phi) is 1.45. The number of ether oxygens (including phenoxy) is 1. The van der Waals surface area contributed by atoms with Crippen LogP contribution >= 0.6 is 0 Å². The fourth-order valence-corrected chi connectivity index (χ4v) is 1.10. The standard InChI is InChI=1S/C8H6N2O2/c9-5-7-8(12-7)6-3-1-2-4-10(6)11/h1-4,7-8H/t7-,8-/m0/s1. The highest BCUT2D eigenvalue weighted by Crippen LogP contribution is 2.35. The summed E-state index contributed by atoms with van der Waals surface area (Å²) in [5, 5.41) is 19.5. The molecule has 1 aromatic rings. The molecule has 60 valence electrons. The Balaban J connectivity index is 2.26. The largest absolute Gasteiger partial charge is 0.618 e. The molecule has 2 rings (SSSR count). The van der Waals surface area contributed by atoms with E-state index in [9.17, 15) is 5.21 Å². The summed E-state index contributed by atoms with van der Waals surface area (Å²) in [5.74, 6) is 0. The molecule has 1 aromatic heterocycles. The van der Waals surface area contributed by atoms with Crippen molar-refractivity contribution in [1.82, 2.24) is 0 Å². The van der Waals surface area contributed by atoms with E-state index in [-0.39, 0.29) is 6.10 Å². The lowest BCUT2D eigenvalue weighted by molar-refractivity contribution is -0.615. The second-order valence-electron chi connectivity index (χ2n) is 2.56. The summed E-state index contributed by atoms with van der Waals surface area (Å²) in [6.45, 7) is 0. The predicted molar refractivity (Wildman–Crippen MR) is 38.6 cm³/mol. The van der Waals surface area contributed by atoms with Gasteiger partial charge in [-0.3, -0.25) is 0 Å². The van der Waals surface area contributed by atoms with Gasteiger partial charge in [-0.15, -0.1) is 0 Å². The van der Waals surface area contributed by atoms with E-state index in [0.29, 0.717) is 5.69 Å². The van der Waals surface area contributed by atoms with Crippen molar-refractivity contribution in [2.45, 2.75) is 12.2 Å². The monoisotopic (exact) mass is 162 g/mol. The van der Waals surface area contributed by atoms with Crippen LogP contribution in [0.2, 0.25) is 0 Å². The minimum Gasteiger partial charge on any atom is -0.618 e. The van der Waals surface area contributed by atoms with Gasteiger partial charge in [-0.1, -0.05) is 0 Å². The topological polar surface area (TPSA) is 63.3 Å². The van der Waals surface area contributed by atoms with Crippen LogP contribution in [0.5, 0.6) is 0 Å². The van der Waals surface area contributed by atoms with Crippen molar-refractivity contribution < 1.29 is 9.47 Å². The van der Waals surface area contributed by atoms with Gasteiger partial charge in [0.1, 0.15) is 0 Å². The predicted octanol–water partition coefficient (Wildman–Crippen LogP) is 0.283. The fourth-order valence-electron chi connectivity index (χ4n) is 1.10. The number of hydrogen-bond donors (Lipinski definition) is 0. The normalized spacial score (nSPS) is 26.2. The maximum atomic E-state index is 11.1. The van der Waals surface area contributed by atoms with Gasteiger partial charge in [-0.05, 0) is 6.07 Å². The Morgan fingerprint density at radius 3 is 3.00 bits per heavy atom. The smallest absolute Gasteiger partial charge is 0.225 e. The third kappa shape index (κ3) is 1.00. The van der Waals surface area contributed by atoms with Gasteiger partial charge in [0.2, 0.25) is 5.69 Å². The number of nitriles is 1. The van der Waals surface area contributed by atoms with Crippen LogP contribution in [-0.2, 0) is 4.74 Å². The molecule has 2 atom stereocenters. The van der Waals surface area contributed by atoms with Crippen LogP contribution < -0.4 is 4.73 Å². The molecular formula is C8H6N2O2. The van der Waals surface area contributed by atoms with E-state index < -0.39 is 6.10 Å². The molecule has 2 heterocycles. The summed E-state index contributed by atoms with van der Waals surface area (Å²) >= 11 is 0. The molecule has 0 saturated carbocycles. The Morgan fingerprint density at radius 1 is 1.58 bits per heavy atom. The van der Waals surface area contributed by atoms with E-state index >= 15 is 0 Å². The summed E-state index contributed by atoms with van der Waals surface area (Å²) in [6.07, 6.45) is 0.632. The zero-order valence-corrected chi connectivity index (χ0v) is 6.18. The van der Waals surface area contributed by atoms with Crippen LogP contribution in [0.3, 0.4) is 0 Å². The van der Waals surface area contributed by atoms with Crippen molar-refractivity contribution in [2.75, 3.05) is 0 Å². The number of rotatable bonds is 1. The second-order valence-corrected chi connectivity index (χ2v) is 2.56. The molecule has 1 fully saturated rings. The molecule has 12 heavy (non-hydrogen) atoms. The minimum atomic E-state index is -0.437. The molecule has 0 aliphatic carbocycles. The maximum Gasteiger partial charge on any atom is 0.225 e. The van der Waals surface area contributed by atoms with Gasteiger partial charge in [0.05, 0.1) is 6.07 Å². The first-order valence-electron chi connectivity index (χ1n) is 3.56. The molecule has 1 saturated heterocycles. The molecule has 0 spiro atoms. The molecular weight excluding hydrogens is 156 g/mol. The molecule has 0 unspecified atom stereocenters. The van der Waals surface area contributed by atoms with Gasteiger partial charge < -0.3 is 9.94 Å². The van der Waals surface area contributed by atoms with Gasteiger partial charge in [-0.25, -0.2) is 0 Å². The average molecular weight is 162 g/mol. The van der Waals surface area contributed by atoms with E-state index in [1.807, 2.05) is 6.07 Å². The Morgan fingerprint density at radius 2 is 2.42 bits per heavy atom. The number of pyridine rings is 1. The van der Waals surface area contributed by atoms with Crippen LogP contribution in [0.25, 0.3) is 0 Å². The first-order valence-corrected chi connectivity index (χ1v) is 3.56. The maximum absolute atomic E-state index is 11.1. The number of hydrogen-bond acceptors (Lipinski definition) is 3. The van der Waals surface area contributed by atoms with Crippen molar-refractivity contribution in [2.24, 2.45) is 0 Å². The van der Waals surface area contributed by atoms with Crippen LogP contribution in [0, 0.1) is 16.5 Å². The SMILES string of the molecule is N#C[C@@H]1O[C@H]1c1cccc[n+]1[O-]. The Labute approximate surface area is 69.2 Å². The number of nitrogens with zero attached hydrogens (tertiary/aromatic N) is 2. The highest BCUT2D eigenvalue weighted by atomic mass is 16.6. The first kappa shape index (κ1) is 7.07. The second kappa shape index (κ2) is 2.47. The van der Waals surface area contributed by atoms with Gasteiger partial charge in [0.15, 0.2) is 18.4 Å². The van der Waals surface area contributed by atoms with Gasteiger partial charge in [-0.2, -0.15) is 9.99 Å². The van der Waals surface area contributed by atoms with Crippen molar-refractivity contribution in [3.63, 3.8) is 0 Å². The molecule has 0 amide bonds. The van der Waals surface area contributed by atoms with Crippen molar-refractivity contribution in [1.29, 1.82) is 5.26 Å². The van der Waals surface area contributed by atoms with Crippen molar-refractivity contribution in [3.05, 3.63) is 35.3 Å². The first-order chi connectivity index (χ1) is 5.83. The van der Waals surface area contributed by atoms with E-state index in [1.54, 1.807) is 18.2 Å². The molecule has 0 radical (unpaired) electrons. The lowest BCUT2D eigenvalue weighted by Gasteiger charge is -1.98. The van der Waals surface area contributed by atoms with Crippen molar-refractivity contribution in [3.8, 4) is 6.07 Å². The van der Waals surface area contributed by atoms with Gasteiger partial charge in [0, 0.05) is 12.1 Å². The molecule has 4 nitrogen and oxygen atoms in total. The summed E-state index contributed by atoms with van der Waals surface area (Å²) in [5.41, 5.74) is 0.504. The minimum absolute atomic E-state index is 0.325. The van der Waals surface area contributed by atoms with Crippen LogP contribution in [-0.4, -0.2) is 6.10 Å². The third-order valence-electron chi connectivity index (χ3n) is 1.76. The summed E-state index contributed by atoms with van der Waals surface area (Å²) in [4.78, 5) is 0. The molecule has 0 bridgehead atoms. The lowest BCUT2D eigenvalue weighted by Crippen LogP contribution is -2.30. The lowest BCUT2D eigenvalue weighted by atomic mass is 10.2. The van der Waals surface area contributed by atoms with Gasteiger partial charge >= 0.3 is 0 Å². The van der Waals surface area contributed by atoms with Crippen LogP contribution in [0.4, 0.5) is 0 Å². The molecule has 0 N–H and O–H groups in total. The zero-order chi connectivity index (χ0) is 8.55. The molecule has 1 aliphatic heterocycles. The number of epoxide rings is 1. The molecule has 0 aromatic carbocycles. The summed E-state index contributed by atoms with van der Waals surface area (Å²) in [7, 11) is 0. The molecule has 1 aliphatic rings.